The van der Waals surface area contributed by atoms with Gasteiger partial charge >= 0.3 is 23.9 Å². The highest BCUT2D eigenvalue weighted by Gasteiger charge is 2.50. The molecule has 424 valence electrons. The fourth-order valence-corrected chi connectivity index (χ4v) is 7.93. The van der Waals surface area contributed by atoms with E-state index in [1.165, 1.54) is 19.3 Å². The van der Waals surface area contributed by atoms with Gasteiger partial charge in [-0.05, 0) is 122 Å². The highest BCUT2D eigenvalue weighted by Crippen LogP contribution is 2.26. The van der Waals surface area contributed by atoms with Gasteiger partial charge in [-0.2, -0.15) is 0 Å². The zero-order chi connectivity index (χ0) is 54.7. The van der Waals surface area contributed by atoms with Gasteiger partial charge in [-0.25, -0.2) is 4.79 Å². The zero-order valence-electron chi connectivity index (χ0n) is 46.5. The van der Waals surface area contributed by atoms with Crippen molar-refractivity contribution in [1.29, 1.82) is 0 Å². The lowest BCUT2D eigenvalue weighted by Gasteiger charge is -2.40. The topological polar surface area (TPSA) is 175 Å². The predicted octanol–water partition coefficient (Wildman–Crippen LogP) is 14.7. The van der Waals surface area contributed by atoms with Crippen LogP contribution in [0.15, 0.2) is 109 Å². The Kier molecular flexibility index (Phi) is 45.8. The maximum atomic E-state index is 13.1. The number of aliphatic hydroxyl groups is 2. The number of aliphatic hydroxyl groups excluding tert-OH is 2. The molecule has 0 aliphatic carbocycles. The van der Waals surface area contributed by atoms with Crippen LogP contribution in [0.3, 0.4) is 0 Å². The number of esters is 3. The smallest absolute Gasteiger partial charge is 0.335 e. The quantitative estimate of drug-likeness (QED) is 0.0228. The number of allylic oxidation sites excluding steroid dienone is 18. The summed E-state index contributed by atoms with van der Waals surface area (Å²) in [5, 5.41) is 31.5. The fourth-order valence-electron chi connectivity index (χ4n) is 7.93. The maximum Gasteiger partial charge on any atom is 0.335 e. The molecule has 0 amide bonds. The summed E-state index contributed by atoms with van der Waals surface area (Å²) in [4.78, 5) is 51.1. The molecule has 1 rings (SSSR count). The van der Waals surface area contributed by atoms with Gasteiger partial charge in [-0.15, -0.1) is 0 Å². The Morgan fingerprint density at radius 1 is 0.453 bits per heavy atom. The number of hydrogen-bond acceptors (Lipinski definition) is 11. The largest absolute Gasteiger partial charge is 0.479 e. The van der Waals surface area contributed by atoms with Crippen LogP contribution in [0.25, 0.3) is 0 Å². The van der Waals surface area contributed by atoms with Crippen molar-refractivity contribution < 1.29 is 58.2 Å². The maximum absolute atomic E-state index is 13.1. The highest BCUT2D eigenvalue weighted by atomic mass is 16.7. The second-order valence-electron chi connectivity index (χ2n) is 19.2. The van der Waals surface area contributed by atoms with Gasteiger partial charge in [0.05, 0.1) is 6.61 Å². The lowest BCUT2D eigenvalue weighted by molar-refractivity contribution is -0.301. The Morgan fingerprint density at radius 2 is 0.840 bits per heavy atom. The molecule has 1 fully saturated rings. The van der Waals surface area contributed by atoms with Crippen molar-refractivity contribution in [3.05, 3.63) is 109 Å². The molecule has 1 aliphatic rings. The van der Waals surface area contributed by atoms with Gasteiger partial charge < -0.3 is 39.0 Å². The van der Waals surface area contributed by atoms with Gasteiger partial charge in [0, 0.05) is 19.3 Å². The van der Waals surface area contributed by atoms with E-state index in [0.29, 0.717) is 19.3 Å². The van der Waals surface area contributed by atoms with Crippen LogP contribution in [0.1, 0.15) is 213 Å². The van der Waals surface area contributed by atoms with E-state index in [-0.39, 0.29) is 25.9 Å². The number of ether oxygens (including phenoxy) is 5. The molecule has 12 nitrogen and oxygen atoms in total. The van der Waals surface area contributed by atoms with Crippen molar-refractivity contribution >= 4 is 23.9 Å². The van der Waals surface area contributed by atoms with Crippen molar-refractivity contribution in [3.8, 4) is 0 Å². The first kappa shape index (κ1) is 68.4. The van der Waals surface area contributed by atoms with Crippen molar-refractivity contribution in [1.82, 2.24) is 0 Å². The summed E-state index contributed by atoms with van der Waals surface area (Å²) in [5.41, 5.74) is 0. The Morgan fingerprint density at radius 3 is 1.32 bits per heavy atom. The van der Waals surface area contributed by atoms with E-state index < -0.39 is 67.3 Å². The summed E-state index contributed by atoms with van der Waals surface area (Å²) in [6, 6.07) is 0. The zero-order valence-corrected chi connectivity index (χ0v) is 46.5. The first-order valence-corrected chi connectivity index (χ1v) is 28.9. The summed E-state index contributed by atoms with van der Waals surface area (Å²) in [7, 11) is 0. The number of carboxylic acid groups (broad SMARTS) is 1. The monoisotopic (exact) mass is 1050 g/mol. The van der Waals surface area contributed by atoms with Crippen LogP contribution in [0, 0.1) is 0 Å². The van der Waals surface area contributed by atoms with Gasteiger partial charge in [0.15, 0.2) is 24.6 Å². The second-order valence-corrected chi connectivity index (χ2v) is 19.2. The lowest BCUT2D eigenvalue weighted by atomic mass is 9.98. The van der Waals surface area contributed by atoms with Crippen LogP contribution in [0.5, 0.6) is 0 Å². The molecule has 0 aromatic rings. The van der Waals surface area contributed by atoms with Gasteiger partial charge in [0.1, 0.15) is 18.8 Å². The molecule has 0 radical (unpaired) electrons. The second kappa shape index (κ2) is 50.2. The number of carboxylic acids is 1. The van der Waals surface area contributed by atoms with E-state index >= 15 is 0 Å². The minimum Gasteiger partial charge on any atom is -0.479 e. The average Bonchev–Trinajstić information content (AvgIpc) is 3.39. The molecule has 6 unspecified atom stereocenters. The Balaban J connectivity index is 2.74. The number of unbranched alkanes of at least 4 members (excludes halogenated alkanes) is 15. The van der Waals surface area contributed by atoms with Crippen LogP contribution in [0.2, 0.25) is 0 Å². The van der Waals surface area contributed by atoms with Gasteiger partial charge in [0.2, 0.25) is 0 Å². The van der Waals surface area contributed by atoms with E-state index in [9.17, 15) is 34.5 Å². The van der Waals surface area contributed by atoms with Crippen molar-refractivity contribution in [3.63, 3.8) is 0 Å². The Labute approximate surface area is 453 Å². The molecular formula is C63H100O12. The Bertz CT molecular complexity index is 1720. The van der Waals surface area contributed by atoms with Crippen LogP contribution < -0.4 is 0 Å². The number of rotatable bonds is 47. The number of carbonyl (C=O) groups excluding carboxylic acids is 3. The third kappa shape index (κ3) is 40.3. The van der Waals surface area contributed by atoms with E-state index in [1.807, 2.05) is 0 Å². The third-order valence-corrected chi connectivity index (χ3v) is 12.3. The molecule has 0 saturated carbocycles. The van der Waals surface area contributed by atoms with Crippen LogP contribution in [-0.2, 0) is 42.9 Å². The first-order chi connectivity index (χ1) is 36.6. The molecule has 1 aliphatic heterocycles. The van der Waals surface area contributed by atoms with Crippen molar-refractivity contribution in [2.24, 2.45) is 0 Å². The molecule has 3 N–H and O–H groups in total. The van der Waals surface area contributed by atoms with Crippen LogP contribution >= 0.6 is 0 Å². The van der Waals surface area contributed by atoms with Gasteiger partial charge in [-0.3, -0.25) is 14.4 Å². The highest BCUT2D eigenvalue weighted by molar-refractivity contribution is 5.74. The molecule has 1 heterocycles. The van der Waals surface area contributed by atoms with E-state index in [0.717, 1.165) is 135 Å². The molecule has 0 spiro atoms. The average molecular weight is 1050 g/mol. The summed E-state index contributed by atoms with van der Waals surface area (Å²) < 4.78 is 28.3. The summed E-state index contributed by atoms with van der Waals surface area (Å²) in [5.74, 6) is -3.24. The van der Waals surface area contributed by atoms with Crippen molar-refractivity contribution in [2.45, 2.75) is 250 Å². The first-order valence-electron chi connectivity index (χ1n) is 28.9. The number of hydrogen-bond donors (Lipinski definition) is 3. The summed E-state index contributed by atoms with van der Waals surface area (Å²) >= 11 is 0. The van der Waals surface area contributed by atoms with Gasteiger partial charge in [0.25, 0.3) is 0 Å². The van der Waals surface area contributed by atoms with Gasteiger partial charge in [-0.1, -0.05) is 182 Å². The molecule has 75 heavy (non-hydrogen) atoms. The van der Waals surface area contributed by atoms with E-state index in [1.54, 1.807) is 0 Å². The summed E-state index contributed by atoms with van der Waals surface area (Å²) in [6.45, 7) is 5.66. The number of carbonyl (C=O) groups is 4. The molecule has 0 aromatic carbocycles. The minimum absolute atomic E-state index is 0.0384. The predicted molar refractivity (Wildman–Crippen MR) is 303 cm³/mol. The van der Waals surface area contributed by atoms with Crippen LogP contribution in [0.4, 0.5) is 0 Å². The molecule has 0 bridgehead atoms. The Hall–Kier alpha value is -4.62. The van der Waals surface area contributed by atoms with E-state index in [2.05, 4.69) is 130 Å². The minimum atomic E-state index is -1.92. The normalized spacial score (nSPS) is 19.0. The molecule has 0 aromatic heterocycles. The SMILES string of the molecule is CC/C=C\C/C=C\C/C=C\C/C=C\CCCCC(=O)OCC(COC1OC(C(=O)O)C(O)C(O)C1OC(=O)CCCCCCCCC/C=C\C/C=C\CCCCC)OC(=O)CCCCC/C=C\C/C=C\C/C=C\CC. The van der Waals surface area contributed by atoms with Crippen LogP contribution in [-0.4, -0.2) is 89.2 Å². The van der Waals surface area contributed by atoms with Crippen molar-refractivity contribution in [2.75, 3.05) is 13.2 Å². The molecule has 6 atom stereocenters. The third-order valence-electron chi connectivity index (χ3n) is 12.3. The molecule has 12 heteroatoms. The standard InChI is InChI=1S/C63H100O12/c1-4-7-10-13-16-19-22-25-27-28-30-33-36-39-42-45-48-51-57(66)74-61-59(68)58(67)60(62(69)70)75-63(61)72-53-54(73-56(65)50-47-44-41-38-35-31-24-21-18-15-12-9-6-3)52-71-55(64)49-46-43-40-37-34-32-29-26-23-20-17-14-11-8-5-2/h8-9,11-12,16-21,25-27,29,31,34-35,37,54,58-61,63,67-68H,4-7,10,13-15,22-24,28,30,32-33,36,38-53H2,1-3H3,(H,69,70)/b11-8-,12-9-,19-16-,20-17-,21-18-,27-25-,29-26-,35-31-,37-34-. The fraction of sp³-hybridized carbons (Fsp3) is 0.651. The number of aliphatic carboxylic acids is 1. The molecular weight excluding hydrogens is 949 g/mol. The summed E-state index contributed by atoms with van der Waals surface area (Å²) in [6.07, 6.45) is 54.9. The van der Waals surface area contributed by atoms with E-state index in [4.69, 9.17) is 23.7 Å². The lowest BCUT2D eigenvalue weighted by Crippen LogP contribution is -2.61. The molecule has 1 saturated heterocycles.